The number of hydrogen-bond donors (Lipinski definition) is 1. The highest BCUT2D eigenvalue weighted by molar-refractivity contribution is 7.91. The van der Waals surface area contributed by atoms with E-state index in [-0.39, 0.29) is 10.9 Å². The van der Waals surface area contributed by atoms with Crippen molar-refractivity contribution < 1.29 is 18.3 Å². The molecule has 0 saturated heterocycles. The minimum Gasteiger partial charge on any atom is -0.465 e. The van der Waals surface area contributed by atoms with E-state index >= 15 is 0 Å². The Morgan fingerprint density at radius 3 is 2.30 bits per heavy atom. The molecule has 20 heavy (non-hydrogen) atoms. The molecule has 1 aliphatic carbocycles. The zero-order chi connectivity index (χ0) is 14.6. The summed E-state index contributed by atoms with van der Waals surface area (Å²) in [4.78, 5) is 12.6. The predicted octanol–water partition coefficient (Wildman–Crippen LogP) is 2.73. The molecule has 1 fully saturated rings. The lowest BCUT2D eigenvalue weighted by molar-refractivity contribution is 0.121. The van der Waals surface area contributed by atoms with Crippen LogP contribution in [0.25, 0.3) is 0 Å². The Morgan fingerprint density at radius 1 is 1.15 bits per heavy atom. The second-order valence-corrected chi connectivity index (χ2v) is 7.06. The SMILES string of the molecule is O=C(O)N(CS(=O)(=O)c1ccccc1)C1CCCCC1. The molecule has 1 aromatic carbocycles. The Bertz CT molecular complexity index is 550. The third-order valence-corrected chi connectivity index (χ3v) is 5.28. The Morgan fingerprint density at radius 2 is 1.75 bits per heavy atom. The van der Waals surface area contributed by atoms with Crippen molar-refractivity contribution in [1.29, 1.82) is 0 Å². The lowest BCUT2D eigenvalue weighted by atomic mass is 9.95. The molecule has 110 valence electrons. The Balaban J connectivity index is 2.17. The topological polar surface area (TPSA) is 74.7 Å². The zero-order valence-corrected chi connectivity index (χ0v) is 12.1. The summed E-state index contributed by atoms with van der Waals surface area (Å²) >= 11 is 0. The molecular weight excluding hydrogens is 278 g/mol. The number of carbonyl (C=O) groups is 1. The van der Waals surface area contributed by atoms with Crippen LogP contribution in [-0.4, -0.2) is 36.4 Å². The first-order valence-corrected chi connectivity index (χ1v) is 8.43. The lowest BCUT2D eigenvalue weighted by Crippen LogP contribution is -2.43. The van der Waals surface area contributed by atoms with Gasteiger partial charge in [0.2, 0.25) is 0 Å². The molecule has 0 aromatic heterocycles. The van der Waals surface area contributed by atoms with Crippen molar-refractivity contribution in [3.63, 3.8) is 0 Å². The summed E-state index contributed by atoms with van der Waals surface area (Å²) in [6.45, 7) is 0. The summed E-state index contributed by atoms with van der Waals surface area (Å²) in [5, 5.41) is 9.30. The van der Waals surface area contributed by atoms with Gasteiger partial charge in [0, 0.05) is 6.04 Å². The largest absolute Gasteiger partial charge is 0.465 e. The van der Waals surface area contributed by atoms with E-state index in [1.807, 2.05) is 0 Å². The van der Waals surface area contributed by atoms with Gasteiger partial charge in [-0.05, 0) is 25.0 Å². The van der Waals surface area contributed by atoms with Gasteiger partial charge >= 0.3 is 6.09 Å². The molecule has 2 rings (SSSR count). The number of amides is 1. The van der Waals surface area contributed by atoms with Crippen molar-refractivity contribution in [2.24, 2.45) is 0 Å². The van der Waals surface area contributed by atoms with Gasteiger partial charge in [-0.3, -0.25) is 4.90 Å². The van der Waals surface area contributed by atoms with Crippen LogP contribution < -0.4 is 0 Å². The number of rotatable bonds is 4. The van der Waals surface area contributed by atoms with Gasteiger partial charge < -0.3 is 5.11 Å². The summed E-state index contributed by atoms with van der Waals surface area (Å²) in [6, 6.07) is 7.82. The zero-order valence-electron chi connectivity index (χ0n) is 11.2. The molecule has 0 spiro atoms. The lowest BCUT2D eigenvalue weighted by Gasteiger charge is -2.31. The molecule has 6 heteroatoms. The maximum Gasteiger partial charge on any atom is 0.408 e. The van der Waals surface area contributed by atoms with Crippen LogP contribution in [0.15, 0.2) is 35.2 Å². The Hall–Kier alpha value is -1.56. The maximum absolute atomic E-state index is 12.3. The van der Waals surface area contributed by atoms with Gasteiger partial charge in [-0.15, -0.1) is 0 Å². The normalized spacial score (nSPS) is 16.8. The molecule has 0 atom stereocenters. The van der Waals surface area contributed by atoms with E-state index in [1.54, 1.807) is 18.2 Å². The number of sulfone groups is 1. The van der Waals surface area contributed by atoms with E-state index in [4.69, 9.17) is 0 Å². The van der Waals surface area contributed by atoms with E-state index < -0.39 is 21.8 Å². The third kappa shape index (κ3) is 3.50. The first-order chi connectivity index (χ1) is 9.50. The van der Waals surface area contributed by atoms with Gasteiger partial charge in [-0.1, -0.05) is 37.5 Å². The molecular formula is C14H19NO4S. The van der Waals surface area contributed by atoms with E-state index in [1.165, 1.54) is 12.1 Å². The summed E-state index contributed by atoms with van der Waals surface area (Å²) < 4.78 is 24.6. The fourth-order valence-electron chi connectivity index (χ4n) is 2.59. The summed E-state index contributed by atoms with van der Waals surface area (Å²) in [6.07, 6.45) is 3.35. The van der Waals surface area contributed by atoms with Crippen LogP contribution in [0, 0.1) is 0 Å². The second-order valence-electron chi connectivity index (χ2n) is 5.10. The van der Waals surface area contributed by atoms with Crippen molar-refractivity contribution in [3.05, 3.63) is 30.3 Å². The fraction of sp³-hybridized carbons (Fsp3) is 0.500. The van der Waals surface area contributed by atoms with E-state index in [2.05, 4.69) is 0 Å². The van der Waals surface area contributed by atoms with Gasteiger partial charge in [0.25, 0.3) is 0 Å². The average molecular weight is 297 g/mol. The molecule has 1 aliphatic rings. The second kappa shape index (κ2) is 6.26. The van der Waals surface area contributed by atoms with Crippen LogP contribution in [0.2, 0.25) is 0 Å². The van der Waals surface area contributed by atoms with Crippen LogP contribution in [-0.2, 0) is 9.84 Å². The Kier molecular flexibility index (Phi) is 4.65. The van der Waals surface area contributed by atoms with Crippen LogP contribution >= 0.6 is 0 Å². The van der Waals surface area contributed by atoms with Crippen LogP contribution in [0.1, 0.15) is 32.1 Å². The Labute approximate surface area is 119 Å². The molecule has 5 nitrogen and oxygen atoms in total. The number of benzene rings is 1. The van der Waals surface area contributed by atoms with Crippen LogP contribution in [0.5, 0.6) is 0 Å². The van der Waals surface area contributed by atoms with Gasteiger partial charge in [0.15, 0.2) is 9.84 Å². The predicted molar refractivity (Wildman–Crippen MR) is 75.2 cm³/mol. The van der Waals surface area contributed by atoms with Gasteiger partial charge in [-0.25, -0.2) is 13.2 Å². The van der Waals surface area contributed by atoms with Gasteiger partial charge in [-0.2, -0.15) is 0 Å². The molecule has 0 radical (unpaired) electrons. The van der Waals surface area contributed by atoms with E-state index in [0.717, 1.165) is 37.0 Å². The van der Waals surface area contributed by atoms with E-state index in [9.17, 15) is 18.3 Å². The molecule has 0 aliphatic heterocycles. The number of hydrogen-bond acceptors (Lipinski definition) is 3. The van der Waals surface area contributed by atoms with Crippen LogP contribution in [0.3, 0.4) is 0 Å². The third-order valence-electron chi connectivity index (χ3n) is 3.67. The highest BCUT2D eigenvalue weighted by Crippen LogP contribution is 2.24. The van der Waals surface area contributed by atoms with E-state index in [0.29, 0.717) is 0 Å². The van der Waals surface area contributed by atoms with Crippen molar-refractivity contribution in [2.75, 3.05) is 5.88 Å². The average Bonchev–Trinajstić information content (AvgIpc) is 2.46. The highest BCUT2D eigenvalue weighted by Gasteiger charge is 2.29. The molecule has 1 N–H and O–H groups in total. The fourth-order valence-corrected chi connectivity index (χ4v) is 4.00. The molecule has 1 saturated carbocycles. The summed E-state index contributed by atoms with van der Waals surface area (Å²) in [5.74, 6) is -0.461. The standard InChI is InChI=1S/C14H19NO4S/c16-14(17)15(12-7-3-1-4-8-12)11-20(18,19)13-9-5-2-6-10-13/h2,5-6,9-10,12H,1,3-4,7-8,11H2,(H,16,17). The number of carboxylic acid groups (broad SMARTS) is 1. The molecule has 0 unspecified atom stereocenters. The summed E-state index contributed by atoms with van der Waals surface area (Å²) in [5.41, 5.74) is 0. The van der Waals surface area contributed by atoms with Crippen molar-refractivity contribution >= 4 is 15.9 Å². The van der Waals surface area contributed by atoms with Crippen LogP contribution in [0.4, 0.5) is 4.79 Å². The maximum atomic E-state index is 12.3. The monoisotopic (exact) mass is 297 g/mol. The molecule has 1 aromatic rings. The minimum absolute atomic E-state index is 0.169. The number of nitrogens with zero attached hydrogens (tertiary/aromatic N) is 1. The minimum atomic E-state index is -3.61. The molecule has 0 bridgehead atoms. The highest BCUT2D eigenvalue weighted by atomic mass is 32.2. The first-order valence-electron chi connectivity index (χ1n) is 6.78. The van der Waals surface area contributed by atoms with Gasteiger partial charge in [0.1, 0.15) is 5.88 Å². The molecule has 1 amide bonds. The quantitative estimate of drug-likeness (QED) is 0.927. The van der Waals surface area contributed by atoms with Crippen molar-refractivity contribution in [2.45, 2.75) is 43.0 Å². The van der Waals surface area contributed by atoms with Gasteiger partial charge in [0.05, 0.1) is 4.90 Å². The van der Waals surface area contributed by atoms with Crippen molar-refractivity contribution in [3.8, 4) is 0 Å². The molecule has 0 heterocycles. The smallest absolute Gasteiger partial charge is 0.408 e. The summed E-state index contributed by atoms with van der Waals surface area (Å²) in [7, 11) is -3.61. The van der Waals surface area contributed by atoms with Crippen molar-refractivity contribution in [1.82, 2.24) is 4.90 Å². The first kappa shape index (κ1) is 14.8.